The van der Waals surface area contributed by atoms with Crippen molar-refractivity contribution < 1.29 is 4.42 Å². The fraction of sp³-hybridized carbons (Fsp3) is 0.529. The molecule has 3 rings (SSSR count). The Morgan fingerprint density at radius 3 is 2.65 bits per heavy atom. The lowest BCUT2D eigenvalue weighted by molar-refractivity contribution is 0.497. The Kier molecular flexibility index (Phi) is 3.99. The number of furan rings is 1. The van der Waals surface area contributed by atoms with Gasteiger partial charge >= 0.3 is 0 Å². The summed E-state index contributed by atoms with van der Waals surface area (Å²) >= 11 is 1.99. The zero-order valence-corrected chi connectivity index (χ0v) is 13.4. The van der Waals surface area contributed by atoms with Crippen LogP contribution in [-0.2, 0) is 12.8 Å². The number of thiophene rings is 1. The molecule has 0 aromatic carbocycles. The molecule has 2 aromatic heterocycles. The molecule has 1 N–H and O–H groups in total. The summed E-state index contributed by atoms with van der Waals surface area (Å²) in [6.45, 7) is 4.08. The second kappa shape index (κ2) is 5.74. The predicted octanol–water partition coefficient (Wildman–Crippen LogP) is 4.54. The molecule has 0 saturated carbocycles. The highest BCUT2D eigenvalue weighted by atomic mass is 32.1. The van der Waals surface area contributed by atoms with Gasteiger partial charge in [0.25, 0.3) is 0 Å². The third-order valence-corrected chi connectivity index (χ3v) is 5.53. The summed E-state index contributed by atoms with van der Waals surface area (Å²) in [5.41, 5.74) is 2.86. The smallest absolute Gasteiger partial charge is 0.106 e. The van der Waals surface area contributed by atoms with Crippen molar-refractivity contribution in [2.24, 2.45) is 0 Å². The van der Waals surface area contributed by atoms with Gasteiger partial charge in [0.15, 0.2) is 0 Å². The monoisotopic (exact) mass is 289 g/mol. The lowest BCUT2D eigenvalue weighted by Gasteiger charge is -2.13. The summed E-state index contributed by atoms with van der Waals surface area (Å²) in [7, 11) is 2.04. The molecule has 20 heavy (non-hydrogen) atoms. The molecular formula is C17H23NOS. The number of hydrogen-bond acceptors (Lipinski definition) is 3. The van der Waals surface area contributed by atoms with E-state index in [1.165, 1.54) is 42.5 Å². The van der Waals surface area contributed by atoms with Crippen LogP contribution in [0.2, 0.25) is 0 Å². The zero-order valence-electron chi connectivity index (χ0n) is 12.6. The zero-order chi connectivity index (χ0) is 14.1. The summed E-state index contributed by atoms with van der Waals surface area (Å²) in [4.78, 5) is 3.04. The number of nitrogens with one attached hydrogen (secondary N) is 1. The first-order chi connectivity index (χ1) is 9.69. The first-order valence-electron chi connectivity index (χ1n) is 7.54. The summed E-state index contributed by atoms with van der Waals surface area (Å²) in [5, 5.41) is 3.46. The van der Waals surface area contributed by atoms with Crippen LogP contribution in [0.5, 0.6) is 0 Å². The SMILES string of the molecule is CNC(c1cc2c(s1)CCCCC2)c1cc(C)oc1C. The third-order valence-electron chi connectivity index (χ3n) is 4.23. The fourth-order valence-corrected chi connectivity index (χ4v) is 4.61. The van der Waals surface area contributed by atoms with Gasteiger partial charge in [-0.2, -0.15) is 0 Å². The minimum absolute atomic E-state index is 0.268. The normalized spacial score (nSPS) is 16.8. The van der Waals surface area contributed by atoms with Crippen LogP contribution in [0.3, 0.4) is 0 Å². The Hall–Kier alpha value is -1.06. The van der Waals surface area contributed by atoms with Gasteiger partial charge in [0.05, 0.1) is 6.04 Å². The minimum Gasteiger partial charge on any atom is -0.466 e. The van der Waals surface area contributed by atoms with E-state index in [1.54, 1.807) is 10.4 Å². The van der Waals surface area contributed by atoms with Gasteiger partial charge in [0.2, 0.25) is 0 Å². The molecule has 108 valence electrons. The topological polar surface area (TPSA) is 25.2 Å². The van der Waals surface area contributed by atoms with Crippen molar-refractivity contribution in [3.05, 3.63) is 44.5 Å². The van der Waals surface area contributed by atoms with E-state index in [0.717, 1.165) is 11.5 Å². The average molecular weight is 289 g/mol. The van der Waals surface area contributed by atoms with Crippen LogP contribution in [0, 0.1) is 13.8 Å². The minimum atomic E-state index is 0.268. The van der Waals surface area contributed by atoms with Gasteiger partial charge in [-0.15, -0.1) is 11.3 Å². The molecule has 0 radical (unpaired) electrons. The fourth-order valence-electron chi connectivity index (χ4n) is 3.22. The van der Waals surface area contributed by atoms with E-state index in [2.05, 4.69) is 24.4 Å². The summed E-state index contributed by atoms with van der Waals surface area (Å²) < 4.78 is 5.71. The van der Waals surface area contributed by atoms with Crippen LogP contribution in [-0.4, -0.2) is 7.05 Å². The van der Waals surface area contributed by atoms with Crippen LogP contribution >= 0.6 is 11.3 Å². The number of rotatable bonds is 3. The quantitative estimate of drug-likeness (QED) is 0.839. The van der Waals surface area contributed by atoms with Gasteiger partial charge in [-0.25, -0.2) is 0 Å². The van der Waals surface area contributed by atoms with Gasteiger partial charge in [-0.3, -0.25) is 0 Å². The standard InChI is InChI=1S/C17H23NOS/c1-11-9-14(12(2)19-11)17(18-3)16-10-13-7-5-4-6-8-15(13)20-16/h9-10,17-18H,4-8H2,1-3H3. The molecular weight excluding hydrogens is 266 g/mol. The van der Waals surface area contributed by atoms with E-state index in [4.69, 9.17) is 4.42 Å². The number of fused-ring (bicyclic) bond motifs is 1. The van der Waals surface area contributed by atoms with E-state index in [9.17, 15) is 0 Å². The van der Waals surface area contributed by atoms with Crippen LogP contribution < -0.4 is 5.32 Å². The lowest BCUT2D eigenvalue weighted by Crippen LogP contribution is -2.16. The molecule has 2 nitrogen and oxygen atoms in total. The van der Waals surface area contributed by atoms with Gasteiger partial charge in [-0.1, -0.05) is 6.42 Å². The molecule has 0 fully saturated rings. The van der Waals surface area contributed by atoms with Gasteiger partial charge in [0.1, 0.15) is 11.5 Å². The van der Waals surface area contributed by atoms with Crippen molar-refractivity contribution in [2.75, 3.05) is 7.05 Å². The highest BCUT2D eigenvalue weighted by Crippen LogP contribution is 2.36. The van der Waals surface area contributed by atoms with Gasteiger partial charge < -0.3 is 9.73 Å². The highest BCUT2D eigenvalue weighted by Gasteiger charge is 2.22. The number of hydrogen-bond donors (Lipinski definition) is 1. The highest BCUT2D eigenvalue weighted by molar-refractivity contribution is 7.12. The maximum atomic E-state index is 5.71. The summed E-state index contributed by atoms with van der Waals surface area (Å²) in [6, 6.07) is 4.86. The predicted molar refractivity (Wildman–Crippen MR) is 84.7 cm³/mol. The Balaban J connectivity index is 1.95. The van der Waals surface area contributed by atoms with Crippen molar-refractivity contribution in [3.63, 3.8) is 0 Å². The third kappa shape index (κ3) is 2.57. The molecule has 0 saturated heterocycles. The van der Waals surface area contributed by atoms with Gasteiger partial charge in [0, 0.05) is 15.3 Å². The van der Waals surface area contributed by atoms with Crippen molar-refractivity contribution in [3.8, 4) is 0 Å². The molecule has 1 aliphatic carbocycles. The molecule has 2 heterocycles. The molecule has 1 unspecified atom stereocenters. The molecule has 1 aliphatic rings. The summed E-state index contributed by atoms with van der Waals surface area (Å²) in [5.74, 6) is 2.03. The molecule has 0 aliphatic heterocycles. The maximum Gasteiger partial charge on any atom is 0.106 e. The average Bonchev–Trinajstić information content (AvgIpc) is 2.88. The first kappa shape index (κ1) is 13.9. The van der Waals surface area contributed by atoms with Crippen molar-refractivity contribution in [1.82, 2.24) is 5.32 Å². The van der Waals surface area contributed by atoms with E-state index < -0.39 is 0 Å². The van der Waals surface area contributed by atoms with E-state index >= 15 is 0 Å². The summed E-state index contributed by atoms with van der Waals surface area (Å²) in [6.07, 6.45) is 6.59. The Morgan fingerprint density at radius 1 is 1.15 bits per heavy atom. The Morgan fingerprint density at radius 2 is 1.95 bits per heavy atom. The molecule has 0 bridgehead atoms. The van der Waals surface area contributed by atoms with E-state index in [0.29, 0.717) is 0 Å². The number of aryl methyl sites for hydroxylation is 4. The van der Waals surface area contributed by atoms with Crippen molar-refractivity contribution >= 4 is 11.3 Å². The van der Waals surface area contributed by atoms with E-state index in [-0.39, 0.29) is 6.04 Å². The van der Waals surface area contributed by atoms with Crippen LogP contribution in [0.15, 0.2) is 16.5 Å². The molecule has 2 aromatic rings. The van der Waals surface area contributed by atoms with Crippen molar-refractivity contribution in [1.29, 1.82) is 0 Å². The second-order valence-corrected chi connectivity index (χ2v) is 6.92. The Labute approximate surface area is 125 Å². The van der Waals surface area contributed by atoms with Crippen LogP contribution in [0.25, 0.3) is 0 Å². The molecule has 3 heteroatoms. The van der Waals surface area contributed by atoms with E-state index in [1.807, 2.05) is 25.3 Å². The molecule has 0 spiro atoms. The van der Waals surface area contributed by atoms with Crippen molar-refractivity contribution in [2.45, 2.75) is 52.0 Å². The second-order valence-electron chi connectivity index (χ2n) is 5.75. The molecule has 0 amide bonds. The van der Waals surface area contributed by atoms with Crippen LogP contribution in [0.4, 0.5) is 0 Å². The van der Waals surface area contributed by atoms with Crippen LogP contribution in [0.1, 0.15) is 57.7 Å². The lowest BCUT2D eigenvalue weighted by atomic mass is 10.0. The van der Waals surface area contributed by atoms with Gasteiger partial charge in [-0.05, 0) is 64.3 Å². The largest absolute Gasteiger partial charge is 0.466 e. The maximum absolute atomic E-state index is 5.71. The Bertz CT molecular complexity index is 573. The molecule has 1 atom stereocenters. The first-order valence-corrected chi connectivity index (χ1v) is 8.36.